The molecule has 8 rings (SSSR count). The molecule has 7 aliphatic rings. The first kappa shape index (κ1) is 14.9. The first-order chi connectivity index (χ1) is 11.8. The maximum absolute atomic E-state index is 13.4. The quantitative estimate of drug-likeness (QED) is 0.787. The van der Waals surface area contributed by atoms with Gasteiger partial charge >= 0.3 is 11.4 Å². The van der Waals surface area contributed by atoms with Crippen LogP contribution < -0.4 is 11.4 Å². The Bertz CT molecular complexity index is 840. The van der Waals surface area contributed by atoms with Crippen molar-refractivity contribution >= 4 is 0 Å². The second-order valence-corrected chi connectivity index (χ2v) is 10.5. The summed E-state index contributed by atoms with van der Waals surface area (Å²) in [5.74, 6) is 1.88. The third-order valence-electron chi connectivity index (χ3n) is 9.81. The fourth-order valence-electron chi connectivity index (χ4n) is 7.88. The van der Waals surface area contributed by atoms with Crippen LogP contribution in [0.2, 0.25) is 0 Å². The molecule has 7 atom stereocenters. The molecule has 6 bridgehead atoms. The van der Waals surface area contributed by atoms with Gasteiger partial charge in [0.05, 0.1) is 12.1 Å². The molecule has 136 valence electrons. The van der Waals surface area contributed by atoms with Gasteiger partial charge in [0.25, 0.3) is 0 Å². The zero-order valence-electron chi connectivity index (χ0n) is 15.6. The number of nitrogens with zero attached hydrogens (tertiary/aromatic N) is 3. The van der Waals surface area contributed by atoms with Crippen LogP contribution in [0.3, 0.4) is 0 Å². The van der Waals surface area contributed by atoms with E-state index in [4.69, 9.17) is 0 Å². The topological polar surface area (TPSA) is 48.9 Å². The number of hydrogen-bond acceptors (Lipinski definition) is 2. The highest BCUT2D eigenvalue weighted by atomic mass is 16.2. The largest absolute Gasteiger partial charge is 0.347 e. The Balaban J connectivity index is 1.56. The van der Waals surface area contributed by atoms with Crippen LogP contribution in [0.4, 0.5) is 0 Å². The predicted octanol–water partition coefficient (Wildman–Crippen LogP) is 3.11. The van der Waals surface area contributed by atoms with Crippen molar-refractivity contribution in [3.05, 3.63) is 21.0 Å². The van der Waals surface area contributed by atoms with Crippen LogP contribution >= 0.6 is 0 Å². The van der Waals surface area contributed by atoms with Crippen LogP contribution in [0.15, 0.2) is 9.59 Å². The van der Waals surface area contributed by atoms with E-state index in [1.54, 1.807) is 4.57 Å². The molecular formula is C20H29N3O2. The highest BCUT2D eigenvalue weighted by Crippen LogP contribution is 2.69. The third kappa shape index (κ3) is 1.43. The summed E-state index contributed by atoms with van der Waals surface area (Å²) in [6, 6.07) is 0.651. The number of rotatable bonds is 1. The Morgan fingerprint density at radius 3 is 1.80 bits per heavy atom. The third-order valence-corrected chi connectivity index (χ3v) is 9.81. The monoisotopic (exact) mass is 343 g/mol. The van der Waals surface area contributed by atoms with E-state index in [1.165, 1.54) is 19.3 Å². The van der Waals surface area contributed by atoms with Gasteiger partial charge in [-0.15, -0.1) is 0 Å². The lowest BCUT2D eigenvalue weighted by Crippen LogP contribution is -2.52. The van der Waals surface area contributed by atoms with E-state index < -0.39 is 0 Å². The molecule has 25 heavy (non-hydrogen) atoms. The summed E-state index contributed by atoms with van der Waals surface area (Å²) >= 11 is 0. The summed E-state index contributed by atoms with van der Waals surface area (Å²) in [6.07, 6.45) is 8.12. The lowest BCUT2D eigenvalue weighted by atomic mass is 9.64. The minimum absolute atomic E-state index is 0.000347. The summed E-state index contributed by atoms with van der Waals surface area (Å²) in [5.41, 5.74) is 0.282. The van der Waals surface area contributed by atoms with Gasteiger partial charge in [0.1, 0.15) is 0 Å². The van der Waals surface area contributed by atoms with Gasteiger partial charge in [-0.3, -0.25) is 0 Å². The second-order valence-electron chi connectivity index (χ2n) is 10.5. The van der Waals surface area contributed by atoms with E-state index in [2.05, 4.69) is 20.8 Å². The first-order valence-corrected chi connectivity index (χ1v) is 10.3. The van der Waals surface area contributed by atoms with Gasteiger partial charge in [0.2, 0.25) is 0 Å². The van der Waals surface area contributed by atoms with E-state index in [0.717, 1.165) is 25.7 Å². The molecule has 5 heteroatoms. The summed E-state index contributed by atoms with van der Waals surface area (Å²) in [5, 5.41) is 0. The van der Waals surface area contributed by atoms with E-state index in [1.807, 2.05) is 9.36 Å². The highest BCUT2D eigenvalue weighted by Gasteiger charge is 2.63. The van der Waals surface area contributed by atoms with Crippen molar-refractivity contribution in [3.63, 3.8) is 0 Å². The second kappa shape index (κ2) is 4.17. The highest BCUT2D eigenvalue weighted by molar-refractivity contribution is 5.13. The van der Waals surface area contributed by atoms with Crippen LogP contribution in [0.25, 0.3) is 0 Å². The molecule has 1 aromatic rings. The van der Waals surface area contributed by atoms with Gasteiger partial charge in [-0.1, -0.05) is 20.8 Å². The zero-order valence-corrected chi connectivity index (χ0v) is 15.6. The molecule has 1 aromatic heterocycles. The lowest BCUT2D eigenvalue weighted by molar-refractivity contribution is -0.0270. The van der Waals surface area contributed by atoms with Crippen LogP contribution in [-0.2, 0) is 0 Å². The Morgan fingerprint density at radius 1 is 0.840 bits per heavy atom. The zero-order chi connectivity index (χ0) is 17.3. The predicted molar refractivity (Wildman–Crippen MR) is 94.7 cm³/mol. The molecule has 0 unspecified atom stereocenters. The summed E-state index contributed by atoms with van der Waals surface area (Å²) in [7, 11) is 0. The van der Waals surface area contributed by atoms with Crippen molar-refractivity contribution in [3.8, 4) is 0 Å². The first-order valence-electron chi connectivity index (χ1n) is 10.3. The maximum atomic E-state index is 13.4. The molecule has 5 saturated carbocycles. The van der Waals surface area contributed by atoms with Gasteiger partial charge in [0, 0.05) is 6.04 Å². The maximum Gasteiger partial charge on any atom is 0.347 e. The molecule has 3 heterocycles. The summed E-state index contributed by atoms with van der Waals surface area (Å²) in [6.45, 7) is 7.04. The van der Waals surface area contributed by atoms with E-state index in [0.29, 0.717) is 17.8 Å². The number of fused-ring (bicyclic) bond motifs is 3. The summed E-state index contributed by atoms with van der Waals surface area (Å²) < 4.78 is 5.51. The fraction of sp³-hybridized carbons (Fsp3) is 0.900. The van der Waals surface area contributed by atoms with Crippen LogP contribution in [-0.4, -0.2) is 13.9 Å². The van der Waals surface area contributed by atoms with Crippen molar-refractivity contribution < 1.29 is 0 Å². The average molecular weight is 343 g/mol. The molecule has 0 radical (unpaired) electrons. The molecule has 5 aliphatic carbocycles. The van der Waals surface area contributed by atoms with Crippen LogP contribution in [0, 0.1) is 28.6 Å². The molecular weight excluding hydrogens is 314 g/mol. The average Bonchev–Trinajstić information content (AvgIpc) is 3.07. The van der Waals surface area contributed by atoms with Crippen molar-refractivity contribution in [2.45, 2.75) is 83.8 Å². The minimum atomic E-state index is -0.000347. The Labute approximate surface area is 148 Å². The molecule has 0 amide bonds. The van der Waals surface area contributed by atoms with Gasteiger partial charge in [0.15, 0.2) is 0 Å². The Morgan fingerprint density at radius 2 is 1.40 bits per heavy atom. The van der Waals surface area contributed by atoms with Gasteiger partial charge < -0.3 is 0 Å². The molecule has 0 N–H and O–H groups in total. The van der Waals surface area contributed by atoms with Crippen molar-refractivity contribution in [2.75, 3.05) is 0 Å². The molecule has 5 nitrogen and oxygen atoms in total. The van der Waals surface area contributed by atoms with Crippen molar-refractivity contribution in [1.29, 1.82) is 0 Å². The van der Waals surface area contributed by atoms with Crippen molar-refractivity contribution in [2.24, 2.45) is 28.6 Å². The minimum Gasteiger partial charge on any atom is -0.246 e. The lowest BCUT2D eigenvalue weighted by Gasteiger charge is -2.52. The Hall–Kier alpha value is -1.26. The standard InChI is InChI=1S/C20H29N3O2/c1-19(2)13-6-7-20(19,3)16(10-13)21-17(24)22-14-9-12-5-4-11(14)8-15(12)23(22)18(21)25/h11-16H,4-10H2,1-3H3/t11-,12+,13-,14+,15-,16-,20+/m1/s1. The molecule has 0 saturated heterocycles. The molecule has 0 spiro atoms. The molecule has 2 aliphatic heterocycles. The molecule has 0 aromatic carbocycles. The van der Waals surface area contributed by atoms with Crippen molar-refractivity contribution in [1.82, 2.24) is 13.9 Å². The number of hydrogen-bond donors (Lipinski definition) is 0. The number of aromatic nitrogens is 3. The smallest absolute Gasteiger partial charge is 0.246 e. The van der Waals surface area contributed by atoms with E-state index in [9.17, 15) is 9.59 Å². The Kier molecular flexibility index (Phi) is 2.48. The van der Waals surface area contributed by atoms with Gasteiger partial charge in [-0.05, 0) is 73.5 Å². The molecule has 5 fully saturated rings. The van der Waals surface area contributed by atoms with Crippen LogP contribution in [0.5, 0.6) is 0 Å². The van der Waals surface area contributed by atoms with E-state index in [-0.39, 0.29) is 40.3 Å². The van der Waals surface area contributed by atoms with Crippen LogP contribution in [0.1, 0.15) is 83.8 Å². The van der Waals surface area contributed by atoms with Gasteiger partial charge in [-0.25, -0.2) is 23.5 Å². The normalized spacial score (nSPS) is 48.3. The van der Waals surface area contributed by atoms with Gasteiger partial charge in [-0.2, -0.15) is 0 Å². The van der Waals surface area contributed by atoms with E-state index >= 15 is 0 Å². The summed E-state index contributed by atoms with van der Waals surface area (Å²) in [4.78, 5) is 26.8. The fourth-order valence-corrected chi connectivity index (χ4v) is 7.88. The SMILES string of the molecule is CC1(C)[C@@H]2CC[C@@]1(C)[C@H](n1c(=O)n3n(c1=O)[C@H]1C[C@@H]4CC[C@@H]1C[C@H]43)C2.